The Morgan fingerprint density at radius 1 is 1.50 bits per heavy atom. The minimum atomic E-state index is 0.369. The molecule has 0 unspecified atom stereocenters. The molecule has 1 rings (SSSR count). The van der Waals surface area contributed by atoms with Gasteiger partial charge in [0.15, 0.2) is 0 Å². The van der Waals surface area contributed by atoms with Gasteiger partial charge >= 0.3 is 0 Å². The van der Waals surface area contributed by atoms with Gasteiger partial charge in [-0.05, 0) is 18.6 Å². The van der Waals surface area contributed by atoms with Crippen molar-refractivity contribution in [3.8, 4) is 5.75 Å². The number of benzene rings is 1. The topological polar surface area (TPSA) is 9.23 Å². The van der Waals surface area contributed by atoms with Crippen LogP contribution in [-0.2, 0) is 0 Å². The summed E-state index contributed by atoms with van der Waals surface area (Å²) >= 11 is 10.5. The zero-order valence-electron chi connectivity index (χ0n) is 6.93. The van der Waals surface area contributed by atoms with Crippen LogP contribution in [0, 0.1) is 6.92 Å². The normalized spacial score (nSPS) is 9.58. The highest BCUT2D eigenvalue weighted by molar-refractivity contribution is 7.83. The predicted octanol–water partition coefficient (Wildman–Crippen LogP) is 2.92. The van der Waals surface area contributed by atoms with Crippen molar-refractivity contribution < 1.29 is 4.74 Å². The van der Waals surface area contributed by atoms with Gasteiger partial charge < -0.3 is 4.74 Å². The Labute approximate surface area is 82.3 Å². The molecular weight excluding hydrogens is 192 g/mol. The third-order valence-corrected chi connectivity index (χ3v) is 2.09. The molecule has 0 aliphatic heterocycles. The van der Waals surface area contributed by atoms with E-state index >= 15 is 0 Å². The second kappa shape index (κ2) is 3.87. The summed E-state index contributed by atoms with van der Waals surface area (Å²) in [5.41, 5.74) is 1.91. The molecule has 1 aromatic carbocycles. The molecule has 0 aliphatic carbocycles. The van der Waals surface area contributed by atoms with Crippen molar-refractivity contribution in [2.24, 2.45) is 0 Å². The smallest absolute Gasteiger partial charge is 0.122 e. The fourth-order valence-electron chi connectivity index (χ4n) is 0.942. The molecule has 0 bridgehead atoms. The average molecular weight is 201 g/mol. The molecule has 0 amide bonds. The molecule has 0 saturated carbocycles. The molecule has 0 fully saturated rings. The molecule has 0 saturated heterocycles. The maximum absolute atomic E-state index is 5.66. The maximum atomic E-state index is 5.66. The van der Waals surface area contributed by atoms with E-state index in [4.69, 9.17) is 28.6 Å². The largest absolute Gasteiger partial charge is 0.496 e. The van der Waals surface area contributed by atoms with Crippen LogP contribution in [0.2, 0.25) is 0 Å². The van der Waals surface area contributed by atoms with E-state index in [1.54, 1.807) is 7.11 Å². The van der Waals surface area contributed by atoms with Crippen LogP contribution < -0.4 is 4.74 Å². The second-order valence-corrected chi connectivity index (χ2v) is 3.47. The van der Waals surface area contributed by atoms with Crippen LogP contribution in [0.15, 0.2) is 18.2 Å². The summed E-state index contributed by atoms with van der Waals surface area (Å²) in [5.74, 6) is 0.815. The lowest BCUT2D eigenvalue weighted by Gasteiger charge is -2.05. The lowest BCUT2D eigenvalue weighted by Crippen LogP contribution is -1.91. The Bertz CT molecular complexity index is 309. The predicted molar refractivity (Wildman–Crippen MR) is 55.3 cm³/mol. The van der Waals surface area contributed by atoms with E-state index < -0.39 is 0 Å². The highest BCUT2D eigenvalue weighted by Crippen LogP contribution is 2.20. The highest BCUT2D eigenvalue weighted by Gasteiger charge is 2.01. The Hall–Kier alpha value is -0.600. The van der Waals surface area contributed by atoms with Crippen molar-refractivity contribution in [3.63, 3.8) is 0 Å². The average Bonchev–Trinajstić information content (AvgIpc) is 2.05. The van der Waals surface area contributed by atoms with Gasteiger partial charge in [-0.15, -0.1) is 0 Å². The van der Waals surface area contributed by atoms with Crippen LogP contribution >= 0.6 is 23.8 Å². The molecule has 0 spiro atoms. The molecule has 0 heterocycles. The van der Waals surface area contributed by atoms with Gasteiger partial charge in [0, 0.05) is 5.56 Å². The molecule has 0 aliphatic rings. The van der Waals surface area contributed by atoms with Crippen LogP contribution in [0.5, 0.6) is 5.75 Å². The summed E-state index contributed by atoms with van der Waals surface area (Å²) in [5, 5.41) is 0. The molecule has 0 N–H and O–H groups in total. The third-order valence-electron chi connectivity index (χ3n) is 1.64. The molecule has 12 heavy (non-hydrogen) atoms. The summed E-state index contributed by atoms with van der Waals surface area (Å²) in [7, 11) is 1.63. The van der Waals surface area contributed by atoms with E-state index in [9.17, 15) is 0 Å². The number of aryl methyl sites for hydroxylation is 1. The van der Waals surface area contributed by atoms with Crippen LogP contribution in [-0.4, -0.2) is 11.4 Å². The zero-order valence-corrected chi connectivity index (χ0v) is 8.50. The SMILES string of the molecule is COc1cc(C(=S)Cl)ccc1C. The van der Waals surface area contributed by atoms with Gasteiger partial charge in [-0.2, -0.15) is 0 Å². The summed E-state index contributed by atoms with van der Waals surface area (Å²) in [6.45, 7) is 1.97. The van der Waals surface area contributed by atoms with Gasteiger partial charge in [0.25, 0.3) is 0 Å². The standard InChI is InChI=1S/C9H9ClOS/c1-6-3-4-7(9(10)12)5-8(6)11-2/h3-5H,1-2H3. The molecule has 0 aromatic heterocycles. The first-order valence-corrected chi connectivity index (χ1v) is 4.28. The number of ether oxygens (including phenoxy) is 1. The van der Waals surface area contributed by atoms with Crippen LogP contribution in [0.25, 0.3) is 0 Å². The van der Waals surface area contributed by atoms with Crippen molar-refractivity contribution in [3.05, 3.63) is 29.3 Å². The van der Waals surface area contributed by atoms with Gasteiger partial charge in [0.1, 0.15) is 10.1 Å². The number of methoxy groups -OCH3 is 1. The van der Waals surface area contributed by atoms with Gasteiger partial charge in [-0.1, -0.05) is 36.0 Å². The molecule has 3 heteroatoms. The first kappa shape index (κ1) is 9.49. The van der Waals surface area contributed by atoms with Crippen molar-refractivity contribution in [1.82, 2.24) is 0 Å². The van der Waals surface area contributed by atoms with E-state index in [-0.39, 0.29) is 0 Å². The van der Waals surface area contributed by atoms with Crippen LogP contribution in [0.4, 0.5) is 0 Å². The Morgan fingerprint density at radius 3 is 2.67 bits per heavy atom. The fourth-order valence-corrected chi connectivity index (χ4v) is 1.19. The quantitative estimate of drug-likeness (QED) is 0.536. The van der Waals surface area contributed by atoms with E-state index in [1.165, 1.54) is 0 Å². The fraction of sp³-hybridized carbons (Fsp3) is 0.222. The molecule has 0 atom stereocenters. The van der Waals surface area contributed by atoms with E-state index in [2.05, 4.69) is 0 Å². The molecule has 0 radical (unpaired) electrons. The van der Waals surface area contributed by atoms with Crippen molar-refractivity contribution in [1.29, 1.82) is 0 Å². The Kier molecular flexibility index (Phi) is 3.06. The zero-order chi connectivity index (χ0) is 9.14. The minimum Gasteiger partial charge on any atom is -0.496 e. The first-order chi connectivity index (χ1) is 5.65. The summed E-state index contributed by atoms with van der Waals surface area (Å²) < 4.78 is 5.49. The monoisotopic (exact) mass is 200 g/mol. The Balaban J connectivity index is 3.13. The molecule has 1 aromatic rings. The van der Waals surface area contributed by atoms with Crippen molar-refractivity contribution in [2.45, 2.75) is 6.92 Å². The third kappa shape index (κ3) is 1.96. The summed E-state index contributed by atoms with van der Waals surface area (Å²) in [4.78, 5) is 0. The number of hydrogen-bond donors (Lipinski definition) is 0. The second-order valence-electron chi connectivity index (χ2n) is 2.46. The van der Waals surface area contributed by atoms with Gasteiger partial charge in [0.2, 0.25) is 0 Å². The van der Waals surface area contributed by atoms with Gasteiger partial charge in [-0.3, -0.25) is 0 Å². The Morgan fingerprint density at radius 2 is 2.17 bits per heavy atom. The maximum Gasteiger partial charge on any atom is 0.122 e. The van der Waals surface area contributed by atoms with Crippen molar-refractivity contribution >= 4 is 28.1 Å². The van der Waals surface area contributed by atoms with Crippen LogP contribution in [0.3, 0.4) is 0 Å². The molecular formula is C9H9ClOS. The highest BCUT2D eigenvalue weighted by atomic mass is 35.5. The van der Waals surface area contributed by atoms with E-state index in [0.29, 0.717) is 4.32 Å². The van der Waals surface area contributed by atoms with E-state index in [0.717, 1.165) is 16.9 Å². The number of hydrogen-bond acceptors (Lipinski definition) is 2. The number of thiocarbonyl (C=S) groups is 1. The summed E-state index contributed by atoms with van der Waals surface area (Å²) in [6.07, 6.45) is 0. The minimum absolute atomic E-state index is 0.369. The number of rotatable bonds is 2. The first-order valence-electron chi connectivity index (χ1n) is 3.49. The van der Waals surface area contributed by atoms with Crippen LogP contribution in [0.1, 0.15) is 11.1 Å². The van der Waals surface area contributed by atoms with Crippen molar-refractivity contribution in [2.75, 3.05) is 7.11 Å². The lowest BCUT2D eigenvalue weighted by molar-refractivity contribution is 0.411. The molecule has 64 valence electrons. The number of halogens is 1. The van der Waals surface area contributed by atoms with Gasteiger partial charge in [-0.25, -0.2) is 0 Å². The van der Waals surface area contributed by atoms with Gasteiger partial charge in [0.05, 0.1) is 7.11 Å². The summed E-state index contributed by atoms with van der Waals surface area (Å²) in [6, 6.07) is 5.65. The van der Waals surface area contributed by atoms with E-state index in [1.807, 2.05) is 25.1 Å². The lowest BCUT2D eigenvalue weighted by atomic mass is 10.1. The molecule has 1 nitrogen and oxygen atoms in total.